The molecule has 0 radical (unpaired) electrons. The quantitative estimate of drug-likeness (QED) is 0.148. The fourth-order valence-electron chi connectivity index (χ4n) is 4.57. The number of H-pyrrole nitrogens is 1. The fourth-order valence-corrected chi connectivity index (χ4v) is 6.22. The number of hydrogen-bond donors (Lipinski definition) is 4. The van der Waals surface area contributed by atoms with Crippen molar-refractivity contribution < 1.29 is 42.5 Å². The fraction of sp³-hybridized carbons (Fsp3) is 0.414. The number of halogens is 1. The van der Waals surface area contributed by atoms with E-state index in [1.807, 2.05) is 32.0 Å². The minimum Gasteiger partial charge on any atom is -0.508 e. The van der Waals surface area contributed by atoms with Crippen LogP contribution in [0.4, 0.5) is 4.39 Å². The summed E-state index contributed by atoms with van der Waals surface area (Å²) in [7, 11) is -4.60. The minimum absolute atomic E-state index is 0.131. The van der Waals surface area contributed by atoms with Crippen LogP contribution in [0.15, 0.2) is 69.8 Å². The molecule has 0 amide bonds. The lowest BCUT2D eigenvalue weighted by atomic mass is 10.1. The van der Waals surface area contributed by atoms with Gasteiger partial charge in [0.1, 0.15) is 17.6 Å². The van der Waals surface area contributed by atoms with Gasteiger partial charge < -0.3 is 24.2 Å². The van der Waals surface area contributed by atoms with Gasteiger partial charge in [0.2, 0.25) is 5.82 Å². The number of aliphatic hydroxyl groups is 2. The second-order valence-electron chi connectivity index (χ2n) is 10.2. The Bertz CT molecular complexity index is 1680. The zero-order valence-electron chi connectivity index (χ0n) is 24.4. The number of aliphatic hydroxyl groups excluding tert-OH is 2. The summed E-state index contributed by atoms with van der Waals surface area (Å²) in [5.41, 5.74) is -2.24. The normalized spacial score (nSPS) is 17.7. The molecule has 4 N–H and O–H groups in total. The molecule has 4 atom stereocenters. The summed E-state index contributed by atoms with van der Waals surface area (Å²) in [6.45, 7) is 4.62. The number of fused-ring (bicyclic) bond motifs is 1. The van der Waals surface area contributed by atoms with E-state index in [0.29, 0.717) is 16.2 Å². The molecule has 0 spiro atoms. The van der Waals surface area contributed by atoms with Crippen molar-refractivity contribution in [3.8, 4) is 5.75 Å². The molecule has 2 aromatic carbocycles. The van der Waals surface area contributed by atoms with Gasteiger partial charge >= 0.3 is 19.4 Å². The van der Waals surface area contributed by atoms with E-state index in [0.717, 1.165) is 18.2 Å². The highest BCUT2D eigenvalue weighted by Crippen LogP contribution is 2.49. The molecule has 15 heteroatoms. The highest BCUT2D eigenvalue weighted by atomic mass is 31.2. The highest BCUT2D eigenvalue weighted by molar-refractivity contribution is 7.52. The molecule has 2 heterocycles. The maximum Gasteiger partial charge on any atom is 0.460 e. The van der Waals surface area contributed by atoms with Crippen LogP contribution in [0.5, 0.6) is 5.75 Å². The lowest BCUT2D eigenvalue weighted by Gasteiger charge is -2.27. The molecule has 0 saturated carbocycles. The van der Waals surface area contributed by atoms with Crippen LogP contribution in [0.2, 0.25) is 0 Å². The Morgan fingerprint density at radius 2 is 1.91 bits per heavy atom. The van der Waals surface area contributed by atoms with Gasteiger partial charge in [-0.15, -0.1) is 0 Å². The van der Waals surface area contributed by atoms with Gasteiger partial charge in [-0.25, -0.2) is 9.36 Å². The molecule has 1 aliphatic heterocycles. The molecule has 0 saturated heterocycles. The average molecular weight is 636 g/mol. The number of hydrogen-bond acceptors (Lipinski definition) is 10. The molecule has 0 bridgehead atoms. The lowest BCUT2D eigenvalue weighted by Crippen LogP contribution is -2.37. The van der Waals surface area contributed by atoms with Gasteiger partial charge in [0, 0.05) is 5.39 Å². The van der Waals surface area contributed by atoms with Crippen molar-refractivity contribution in [1.29, 1.82) is 0 Å². The number of esters is 1. The molecule has 4 rings (SSSR count). The number of aromatic amines is 1. The second kappa shape index (κ2) is 14.2. The van der Waals surface area contributed by atoms with Crippen LogP contribution in [-0.4, -0.2) is 51.1 Å². The van der Waals surface area contributed by atoms with Gasteiger partial charge in [-0.3, -0.25) is 23.7 Å². The smallest absolute Gasteiger partial charge is 0.460 e. The Balaban J connectivity index is 1.62. The number of ether oxygens (including phenoxy) is 2. The van der Waals surface area contributed by atoms with Crippen LogP contribution in [0, 0.1) is 11.7 Å². The summed E-state index contributed by atoms with van der Waals surface area (Å²) in [5, 5.41) is 24.8. The zero-order valence-corrected chi connectivity index (χ0v) is 25.3. The van der Waals surface area contributed by atoms with Crippen molar-refractivity contribution in [3.05, 3.63) is 86.8 Å². The molecule has 13 nitrogen and oxygen atoms in total. The van der Waals surface area contributed by atoms with Crippen molar-refractivity contribution >= 4 is 24.5 Å². The molecule has 1 aliphatic rings. The summed E-state index contributed by atoms with van der Waals surface area (Å²) in [6, 6.07) is 10.9. The van der Waals surface area contributed by atoms with Crippen LogP contribution < -0.4 is 20.9 Å². The van der Waals surface area contributed by atoms with E-state index >= 15 is 0 Å². The first kappa shape index (κ1) is 32.9. The van der Waals surface area contributed by atoms with E-state index in [9.17, 15) is 33.6 Å². The Morgan fingerprint density at radius 3 is 2.61 bits per heavy atom. The summed E-state index contributed by atoms with van der Waals surface area (Å²) < 4.78 is 51.6. The van der Waals surface area contributed by atoms with Crippen molar-refractivity contribution in [1.82, 2.24) is 14.6 Å². The monoisotopic (exact) mass is 635 g/mol. The van der Waals surface area contributed by atoms with Crippen molar-refractivity contribution in [3.63, 3.8) is 0 Å². The second-order valence-corrected chi connectivity index (χ2v) is 11.9. The van der Waals surface area contributed by atoms with Gasteiger partial charge in [-0.2, -0.15) is 9.48 Å². The molecular formula is C29H35FN3O10P. The largest absolute Gasteiger partial charge is 0.508 e. The van der Waals surface area contributed by atoms with Crippen molar-refractivity contribution in [2.75, 3.05) is 13.2 Å². The highest BCUT2D eigenvalue weighted by Gasteiger charge is 2.41. The zero-order chi connectivity index (χ0) is 32.0. The van der Waals surface area contributed by atoms with Crippen LogP contribution in [0.1, 0.15) is 46.3 Å². The minimum atomic E-state index is -4.60. The van der Waals surface area contributed by atoms with Crippen LogP contribution in [-0.2, 0) is 23.4 Å². The molecule has 1 aromatic heterocycles. The number of nitrogens with one attached hydrogen (secondary N) is 2. The summed E-state index contributed by atoms with van der Waals surface area (Å²) in [5.74, 6) is -2.62. The summed E-state index contributed by atoms with van der Waals surface area (Å²) >= 11 is 0. The molecule has 0 aliphatic carbocycles. The van der Waals surface area contributed by atoms with Gasteiger partial charge in [0.15, 0.2) is 18.1 Å². The van der Waals surface area contributed by atoms with E-state index in [2.05, 4.69) is 5.09 Å². The third-order valence-electron chi connectivity index (χ3n) is 7.16. The molecule has 0 fully saturated rings. The Labute approximate surface area is 251 Å². The first-order valence-electron chi connectivity index (χ1n) is 14.1. The van der Waals surface area contributed by atoms with E-state index in [-0.39, 0.29) is 24.7 Å². The van der Waals surface area contributed by atoms with E-state index in [4.69, 9.17) is 18.5 Å². The number of carbonyl (C=O) groups is 1. The Kier molecular flexibility index (Phi) is 10.6. The third kappa shape index (κ3) is 7.56. The number of carbonyl (C=O) groups excluding carboxylic acids is 1. The van der Waals surface area contributed by atoms with Crippen LogP contribution >= 0.6 is 7.75 Å². The average Bonchev–Trinajstić information content (AvgIpc) is 3.39. The van der Waals surface area contributed by atoms with Gasteiger partial charge in [0.05, 0.1) is 25.8 Å². The summed E-state index contributed by atoms with van der Waals surface area (Å²) in [4.78, 5) is 38.3. The predicted octanol–water partition coefficient (Wildman–Crippen LogP) is 4.04. The number of rotatable bonds is 14. The maximum absolute atomic E-state index is 14.3. The van der Waals surface area contributed by atoms with E-state index < -0.39 is 67.3 Å². The number of nitrogens with zero attached hydrogens (tertiary/aromatic N) is 1. The molecule has 44 heavy (non-hydrogen) atoms. The topological polar surface area (TPSA) is 178 Å². The number of aromatic nitrogens is 2. The molecule has 238 valence electrons. The SMILES string of the molecule is CCC(CC)COC(=O)[C@H](C)N[P@](=O)(Oc1cccc2ccccc12)O[C@H](CO)C1=C(O)C[C@H](n2cc(F)c(=O)[nH]c2=O)O1. The van der Waals surface area contributed by atoms with E-state index in [1.165, 1.54) is 6.92 Å². The number of benzene rings is 2. The van der Waals surface area contributed by atoms with Gasteiger partial charge in [-0.1, -0.05) is 63.1 Å². The predicted molar refractivity (Wildman–Crippen MR) is 157 cm³/mol. The summed E-state index contributed by atoms with van der Waals surface area (Å²) in [6.07, 6.45) is -1.13. The van der Waals surface area contributed by atoms with Gasteiger partial charge in [0.25, 0.3) is 5.56 Å². The van der Waals surface area contributed by atoms with Crippen LogP contribution in [0.25, 0.3) is 10.8 Å². The first-order chi connectivity index (χ1) is 21.0. The van der Waals surface area contributed by atoms with Crippen LogP contribution in [0.3, 0.4) is 0 Å². The molecule has 0 unspecified atom stereocenters. The van der Waals surface area contributed by atoms with Crippen molar-refractivity contribution in [2.24, 2.45) is 5.92 Å². The van der Waals surface area contributed by atoms with Crippen molar-refractivity contribution in [2.45, 2.75) is 58.4 Å². The third-order valence-corrected chi connectivity index (χ3v) is 8.84. The molecular weight excluding hydrogens is 600 g/mol. The van der Waals surface area contributed by atoms with E-state index in [1.54, 1.807) is 29.2 Å². The Morgan fingerprint density at radius 1 is 1.20 bits per heavy atom. The van der Waals surface area contributed by atoms with Gasteiger partial charge in [-0.05, 0) is 24.3 Å². The molecule has 3 aromatic rings. The standard InChI is InChI=1S/C29H35FN3O10P/c1-4-18(5-2)16-40-28(37)17(3)32-44(39,42-23-12-8-10-19-9-6-7-11-20(19)23)43-24(15-34)26-22(35)13-25(41-26)33-14-21(30)27(36)31-29(33)38/h6-12,14,17-18,24-25,34-35H,4-5,13,15-16H2,1-3H3,(H,32,39)(H,31,36,38)/t17-,24+,25+,44-/m0/s1. The Hall–Kier alpha value is -3.97. The maximum atomic E-state index is 14.3. The lowest BCUT2D eigenvalue weighted by molar-refractivity contribution is -0.146. The first-order valence-corrected chi connectivity index (χ1v) is 15.6.